The molecular formula is C13H15N3O3. The molecule has 0 aliphatic rings. The summed E-state index contributed by atoms with van der Waals surface area (Å²) in [5, 5.41) is 10.9. The van der Waals surface area contributed by atoms with Gasteiger partial charge in [0.05, 0.1) is 23.8 Å². The molecule has 1 aromatic carbocycles. The van der Waals surface area contributed by atoms with Crippen molar-refractivity contribution in [3.05, 3.63) is 51.8 Å². The first kappa shape index (κ1) is 12.9. The molecule has 6 heteroatoms. The van der Waals surface area contributed by atoms with E-state index >= 15 is 0 Å². The number of ether oxygens (including phenoxy) is 1. The Kier molecular flexibility index (Phi) is 3.41. The normalized spacial score (nSPS) is 10.3. The van der Waals surface area contributed by atoms with Crippen LogP contribution in [0, 0.1) is 24.0 Å². The topological polar surface area (TPSA) is 69.3 Å². The van der Waals surface area contributed by atoms with Crippen molar-refractivity contribution in [3.8, 4) is 5.75 Å². The molecule has 2 aromatic rings. The zero-order valence-corrected chi connectivity index (χ0v) is 11.0. The predicted octanol–water partition coefficient (Wildman–Crippen LogP) is 2.90. The van der Waals surface area contributed by atoms with Gasteiger partial charge in [-0.1, -0.05) is 0 Å². The van der Waals surface area contributed by atoms with Gasteiger partial charge in [-0.05, 0) is 26.0 Å². The minimum Gasteiger partial charge on any atom is -0.496 e. The zero-order valence-electron chi connectivity index (χ0n) is 11.0. The molecule has 0 fully saturated rings. The van der Waals surface area contributed by atoms with Gasteiger partial charge in [0.2, 0.25) is 0 Å². The molecule has 1 N–H and O–H groups in total. The number of nitrogens with zero attached hydrogens (tertiary/aromatic N) is 2. The summed E-state index contributed by atoms with van der Waals surface area (Å²) in [4.78, 5) is 10.4. The number of nitrogens with one attached hydrogen (secondary N) is 1. The van der Waals surface area contributed by atoms with E-state index in [1.165, 1.54) is 19.2 Å². The molecule has 2 rings (SSSR count). The summed E-state index contributed by atoms with van der Waals surface area (Å²) in [7, 11) is 1.48. The average Bonchev–Trinajstić information content (AvgIpc) is 2.70. The van der Waals surface area contributed by atoms with Crippen molar-refractivity contribution in [1.29, 1.82) is 0 Å². The molecule has 0 saturated carbocycles. The molecule has 0 amide bonds. The van der Waals surface area contributed by atoms with E-state index in [0.717, 1.165) is 11.4 Å². The lowest BCUT2D eigenvalue weighted by Crippen LogP contribution is -2.12. The standard InChI is InChI=1S/C13H15N3O3/c1-9-4-5-10(2)15(9)14-11-6-12(16(17)18)8-13(7-11)19-3/h4-8,14H,1-3H3. The number of hydrogen-bond donors (Lipinski definition) is 1. The van der Waals surface area contributed by atoms with E-state index in [1.807, 2.05) is 30.7 Å². The molecule has 0 radical (unpaired) electrons. The van der Waals surface area contributed by atoms with Gasteiger partial charge in [-0.25, -0.2) is 0 Å². The number of anilines is 1. The highest BCUT2D eigenvalue weighted by molar-refractivity contribution is 5.56. The Balaban J connectivity index is 2.39. The lowest BCUT2D eigenvalue weighted by molar-refractivity contribution is -0.384. The van der Waals surface area contributed by atoms with Gasteiger partial charge in [-0.2, -0.15) is 0 Å². The van der Waals surface area contributed by atoms with E-state index in [-0.39, 0.29) is 5.69 Å². The minimum absolute atomic E-state index is 0.00990. The molecule has 0 saturated heterocycles. The number of hydrogen-bond acceptors (Lipinski definition) is 4. The molecular weight excluding hydrogens is 246 g/mol. The van der Waals surface area contributed by atoms with Gasteiger partial charge in [0, 0.05) is 23.5 Å². The van der Waals surface area contributed by atoms with E-state index in [1.54, 1.807) is 6.07 Å². The predicted molar refractivity (Wildman–Crippen MR) is 72.6 cm³/mol. The molecule has 1 aromatic heterocycles. The first-order valence-electron chi connectivity index (χ1n) is 5.76. The molecule has 1 heterocycles. The summed E-state index contributed by atoms with van der Waals surface area (Å²) in [6.07, 6.45) is 0. The Labute approximate surface area is 110 Å². The first-order valence-corrected chi connectivity index (χ1v) is 5.76. The van der Waals surface area contributed by atoms with Gasteiger partial charge >= 0.3 is 0 Å². The smallest absolute Gasteiger partial charge is 0.275 e. The fourth-order valence-electron chi connectivity index (χ4n) is 1.85. The van der Waals surface area contributed by atoms with Crippen LogP contribution in [0.3, 0.4) is 0 Å². The van der Waals surface area contributed by atoms with Crippen LogP contribution in [0.4, 0.5) is 11.4 Å². The molecule has 6 nitrogen and oxygen atoms in total. The quantitative estimate of drug-likeness (QED) is 0.678. The fourth-order valence-corrected chi connectivity index (χ4v) is 1.85. The first-order chi connectivity index (χ1) is 9.01. The highest BCUT2D eigenvalue weighted by Gasteiger charge is 2.11. The number of aromatic nitrogens is 1. The second kappa shape index (κ2) is 5.01. The number of methoxy groups -OCH3 is 1. The molecule has 0 atom stereocenters. The fraction of sp³-hybridized carbons (Fsp3) is 0.231. The van der Waals surface area contributed by atoms with Crippen LogP contribution in [0.15, 0.2) is 30.3 Å². The second-order valence-electron chi connectivity index (χ2n) is 4.24. The summed E-state index contributed by atoms with van der Waals surface area (Å²) >= 11 is 0. The van der Waals surface area contributed by atoms with Gasteiger partial charge in [-0.3, -0.25) is 20.2 Å². The van der Waals surface area contributed by atoms with Crippen LogP contribution < -0.4 is 10.2 Å². The SMILES string of the molecule is COc1cc(Nn2c(C)ccc2C)cc([N+](=O)[O-])c1. The van der Waals surface area contributed by atoms with Crippen molar-refractivity contribution >= 4 is 11.4 Å². The van der Waals surface area contributed by atoms with E-state index in [2.05, 4.69) is 5.43 Å². The summed E-state index contributed by atoms with van der Waals surface area (Å²) in [6.45, 7) is 3.91. The number of non-ortho nitro benzene ring substituents is 1. The third-order valence-electron chi connectivity index (χ3n) is 2.85. The van der Waals surface area contributed by atoms with Crippen LogP contribution in [0.1, 0.15) is 11.4 Å². The number of nitro benzene ring substituents is 1. The lowest BCUT2D eigenvalue weighted by Gasteiger charge is -2.13. The van der Waals surface area contributed by atoms with Gasteiger partial charge in [0.15, 0.2) is 0 Å². The molecule has 100 valence electrons. The average molecular weight is 261 g/mol. The van der Waals surface area contributed by atoms with E-state index in [9.17, 15) is 10.1 Å². The van der Waals surface area contributed by atoms with Crippen LogP contribution in [-0.4, -0.2) is 16.7 Å². The van der Waals surface area contributed by atoms with Gasteiger partial charge in [0.1, 0.15) is 5.75 Å². The Morgan fingerprint density at radius 3 is 2.37 bits per heavy atom. The molecule has 0 unspecified atom stereocenters. The number of rotatable bonds is 4. The molecule has 0 aliphatic carbocycles. The van der Waals surface area contributed by atoms with E-state index in [0.29, 0.717) is 11.4 Å². The van der Waals surface area contributed by atoms with Crippen molar-refractivity contribution < 1.29 is 9.66 Å². The Bertz CT molecular complexity index is 600. The van der Waals surface area contributed by atoms with Crippen molar-refractivity contribution in [2.45, 2.75) is 13.8 Å². The van der Waals surface area contributed by atoms with Crippen molar-refractivity contribution in [2.24, 2.45) is 0 Å². The molecule has 0 spiro atoms. The third-order valence-corrected chi connectivity index (χ3v) is 2.85. The largest absolute Gasteiger partial charge is 0.496 e. The zero-order chi connectivity index (χ0) is 14.0. The second-order valence-corrected chi connectivity index (χ2v) is 4.24. The number of aryl methyl sites for hydroxylation is 2. The third kappa shape index (κ3) is 2.67. The monoisotopic (exact) mass is 261 g/mol. The Morgan fingerprint density at radius 1 is 1.21 bits per heavy atom. The maximum Gasteiger partial charge on any atom is 0.275 e. The highest BCUT2D eigenvalue weighted by Crippen LogP contribution is 2.26. The maximum atomic E-state index is 10.9. The Morgan fingerprint density at radius 2 is 1.84 bits per heavy atom. The lowest BCUT2D eigenvalue weighted by atomic mass is 10.2. The highest BCUT2D eigenvalue weighted by atomic mass is 16.6. The number of benzene rings is 1. The van der Waals surface area contributed by atoms with E-state index < -0.39 is 4.92 Å². The van der Waals surface area contributed by atoms with Crippen LogP contribution in [0.25, 0.3) is 0 Å². The van der Waals surface area contributed by atoms with Gasteiger partial charge in [0.25, 0.3) is 5.69 Å². The van der Waals surface area contributed by atoms with Gasteiger partial charge < -0.3 is 4.74 Å². The summed E-state index contributed by atoms with van der Waals surface area (Å²) in [6, 6.07) is 8.52. The van der Waals surface area contributed by atoms with Crippen LogP contribution >= 0.6 is 0 Å². The van der Waals surface area contributed by atoms with Crippen LogP contribution in [0.5, 0.6) is 5.75 Å². The molecule has 0 aliphatic heterocycles. The molecule has 19 heavy (non-hydrogen) atoms. The van der Waals surface area contributed by atoms with Crippen LogP contribution in [-0.2, 0) is 0 Å². The molecule has 0 bridgehead atoms. The van der Waals surface area contributed by atoms with E-state index in [4.69, 9.17) is 4.74 Å². The summed E-state index contributed by atoms with van der Waals surface area (Å²) in [5.41, 5.74) is 5.75. The summed E-state index contributed by atoms with van der Waals surface area (Å²) in [5.74, 6) is 0.444. The Hall–Kier alpha value is -2.50. The van der Waals surface area contributed by atoms with Crippen molar-refractivity contribution in [1.82, 2.24) is 4.68 Å². The maximum absolute atomic E-state index is 10.9. The summed E-state index contributed by atoms with van der Waals surface area (Å²) < 4.78 is 6.93. The van der Waals surface area contributed by atoms with Crippen molar-refractivity contribution in [2.75, 3.05) is 12.5 Å². The van der Waals surface area contributed by atoms with Crippen molar-refractivity contribution in [3.63, 3.8) is 0 Å². The number of nitro groups is 1. The minimum atomic E-state index is -0.441. The van der Waals surface area contributed by atoms with Gasteiger partial charge in [-0.15, -0.1) is 0 Å². The van der Waals surface area contributed by atoms with Crippen LogP contribution in [0.2, 0.25) is 0 Å².